The lowest BCUT2D eigenvalue weighted by Gasteiger charge is -2.37. The molecule has 150 valence electrons. The molecule has 1 N–H and O–H groups in total. The van der Waals surface area contributed by atoms with Gasteiger partial charge in [-0.05, 0) is 75.4 Å². The van der Waals surface area contributed by atoms with Crippen molar-refractivity contribution >= 4 is 5.91 Å². The Morgan fingerprint density at radius 1 is 1.14 bits per heavy atom. The predicted octanol–water partition coefficient (Wildman–Crippen LogP) is 3.99. The molecule has 1 atom stereocenters. The Kier molecular flexibility index (Phi) is 7.15. The van der Waals surface area contributed by atoms with Gasteiger partial charge in [0.25, 0.3) is 0 Å². The Hall–Kier alpha value is -2.27. The number of nitrogens with one attached hydrogen (secondary N) is 1. The number of rotatable bonds is 7. The molecular formula is C23H30FN3O. The summed E-state index contributed by atoms with van der Waals surface area (Å²) in [5.41, 5.74) is 1.59. The number of aromatic nitrogens is 1. The summed E-state index contributed by atoms with van der Waals surface area (Å²) in [7, 11) is 4.24. The SMILES string of the molecule is CN(C)[C@@H](c1ccccn1)C1CCC(CNC(=O)Cc2ccccc2F)CC1. The predicted molar refractivity (Wildman–Crippen MR) is 109 cm³/mol. The first-order chi connectivity index (χ1) is 13.5. The maximum atomic E-state index is 13.7. The fourth-order valence-electron chi connectivity index (χ4n) is 4.32. The zero-order valence-electron chi connectivity index (χ0n) is 16.8. The molecule has 0 radical (unpaired) electrons. The summed E-state index contributed by atoms with van der Waals surface area (Å²) in [6.07, 6.45) is 6.43. The maximum absolute atomic E-state index is 13.7. The summed E-state index contributed by atoms with van der Waals surface area (Å²) >= 11 is 0. The fraction of sp³-hybridized carbons (Fsp3) is 0.478. The average Bonchev–Trinajstić information content (AvgIpc) is 2.70. The van der Waals surface area contributed by atoms with E-state index in [1.807, 2.05) is 12.3 Å². The standard InChI is InChI=1S/C23H30FN3O/c1-27(2)23(21-9-5-6-14-25-21)18-12-10-17(11-13-18)16-26-22(28)15-19-7-3-4-8-20(19)24/h3-9,14,17-18,23H,10-13,15-16H2,1-2H3,(H,26,28)/t17?,18?,23-/m1/s1. The minimum atomic E-state index is -0.317. The van der Waals surface area contributed by atoms with Crippen LogP contribution in [0.5, 0.6) is 0 Å². The normalized spacial score (nSPS) is 20.7. The zero-order chi connectivity index (χ0) is 19.9. The van der Waals surface area contributed by atoms with Crippen molar-refractivity contribution in [3.8, 4) is 0 Å². The van der Waals surface area contributed by atoms with E-state index in [1.54, 1.807) is 18.2 Å². The van der Waals surface area contributed by atoms with Gasteiger partial charge in [0.1, 0.15) is 5.82 Å². The number of benzene rings is 1. The summed E-state index contributed by atoms with van der Waals surface area (Å²) in [4.78, 5) is 19.0. The van der Waals surface area contributed by atoms with Gasteiger partial charge in [0, 0.05) is 12.7 Å². The van der Waals surface area contributed by atoms with Crippen molar-refractivity contribution in [3.63, 3.8) is 0 Å². The molecule has 0 aliphatic heterocycles. The van der Waals surface area contributed by atoms with Gasteiger partial charge in [-0.15, -0.1) is 0 Å². The van der Waals surface area contributed by atoms with Crippen molar-refractivity contribution in [2.75, 3.05) is 20.6 Å². The molecule has 0 spiro atoms. The van der Waals surface area contributed by atoms with Gasteiger partial charge in [0.05, 0.1) is 18.2 Å². The molecule has 3 rings (SSSR count). The number of amides is 1. The minimum absolute atomic E-state index is 0.102. The Labute approximate surface area is 167 Å². The van der Waals surface area contributed by atoms with Crippen LogP contribution in [0.15, 0.2) is 48.7 Å². The van der Waals surface area contributed by atoms with Crippen LogP contribution < -0.4 is 5.32 Å². The molecule has 2 aromatic rings. The van der Waals surface area contributed by atoms with Crippen molar-refractivity contribution < 1.29 is 9.18 Å². The molecule has 1 aromatic carbocycles. The van der Waals surface area contributed by atoms with Gasteiger partial charge < -0.3 is 10.2 Å². The molecule has 0 bridgehead atoms. The van der Waals surface area contributed by atoms with E-state index in [-0.39, 0.29) is 18.1 Å². The molecule has 0 saturated heterocycles. The molecule has 5 heteroatoms. The van der Waals surface area contributed by atoms with E-state index in [9.17, 15) is 9.18 Å². The van der Waals surface area contributed by atoms with Gasteiger partial charge in [-0.2, -0.15) is 0 Å². The lowest BCUT2D eigenvalue weighted by atomic mass is 9.77. The van der Waals surface area contributed by atoms with Gasteiger partial charge in [-0.3, -0.25) is 9.78 Å². The molecular weight excluding hydrogens is 353 g/mol. The highest BCUT2D eigenvalue weighted by atomic mass is 19.1. The van der Waals surface area contributed by atoms with Crippen LogP contribution in [-0.4, -0.2) is 36.4 Å². The first-order valence-corrected chi connectivity index (χ1v) is 10.1. The van der Waals surface area contributed by atoms with Crippen LogP contribution in [-0.2, 0) is 11.2 Å². The number of hydrogen-bond acceptors (Lipinski definition) is 3. The molecule has 4 nitrogen and oxygen atoms in total. The summed E-state index contributed by atoms with van der Waals surface area (Å²) < 4.78 is 13.7. The van der Waals surface area contributed by atoms with Crippen molar-refractivity contribution in [1.29, 1.82) is 0 Å². The quantitative estimate of drug-likeness (QED) is 0.786. The summed E-state index contributed by atoms with van der Waals surface area (Å²) in [5.74, 6) is 0.650. The van der Waals surface area contributed by atoms with Gasteiger partial charge in [-0.1, -0.05) is 24.3 Å². The molecule has 1 aliphatic rings. The van der Waals surface area contributed by atoms with Crippen LogP contribution in [0, 0.1) is 17.7 Å². The minimum Gasteiger partial charge on any atom is -0.356 e. The van der Waals surface area contributed by atoms with E-state index in [2.05, 4.69) is 41.4 Å². The molecule has 1 heterocycles. The monoisotopic (exact) mass is 383 g/mol. The van der Waals surface area contributed by atoms with Gasteiger partial charge in [-0.25, -0.2) is 4.39 Å². The van der Waals surface area contributed by atoms with Gasteiger partial charge >= 0.3 is 0 Å². The molecule has 1 fully saturated rings. The van der Waals surface area contributed by atoms with Crippen LogP contribution in [0.3, 0.4) is 0 Å². The lowest BCUT2D eigenvalue weighted by molar-refractivity contribution is -0.120. The van der Waals surface area contributed by atoms with E-state index in [0.29, 0.717) is 30.0 Å². The third kappa shape index (κ3) is 5.38. The van der Waals surface area contributed by atoms with Crippen LogP contribution in [0.25, 0.3) is 0 Å². The highest BCUT2D eigenvalue weighted by Crippen LogP contribution is 2.38. The van der Waals surface area contributed by atoms with Gasteiger partial charge in [0.2, 0.25) is 5.91 Å². The van der Waals surface area contributed by atoms with Crippen LogP contribution in [0.1, 0.15) is 43.0 Å². The maximum Gasteiger partial charge on any atom is 0.224 e. The van der Waals surface area contributed by atoms with E-state index in [1.165, 1.54) is 6.07 Å². The molecule has 1 saturated carbocycles. The largest absolute Gasteiger partial charge is 0.356 e. The first-order valence-electron chi connectivity index (χ1n) is 10.1. The topological polar surface area (TPSA) is 45.2 Å². The number of carbonyl (C=O) groups is 1. The third-order valence-electron chi connectivity index (χ3n) is 5.78. The van der Waals surface area contributed by atoms with Crippen LogP contribution in [0.4, 0.5) is 4.39 Å². The Balaban J connectivity index is 1.47. The van der Waals surface area contributed by atoms with E-state index < -0.39 is 0 Å². The average molecular weight is 384 g/mol. The van der Waals surface area contributed by atoms with E-state index in [4.69, 9.17) is 0 Å². The number of halogens is 1. The van der Waals surface area contributed by atoms with E-state index >= 15 is 0 Å². The molecule has 28 heavy (non-hydrogen) atoms. The van der Waals surface area contributed by atoms with Crippen LogP contribution >= 0.6 is 0 Å². The second-order valence-corrected chi connectivity index (χ2v) is 8.02. The van der Waals surface area contributed by atoms with Crippen molar-refractivity contribution in [1.82, 2.24) is 15.2 Å². The van der Waals surface area contributed by atoms with Crippen molar-refractivity contribution in [2.45, 2.75) is 38.1 Å². The Morgan fingerprint density at radius 2 is 1.86 bits per heavy atom. The molecule has 1 amide bonds. The van der Waals surface area contributed by atoms with Crippen molar-refractivity contribution in [2.24, 2.45) is 11.8 Å². The highest BCUT2D eigenvalue weighted by Gasteiger charge is 2.30. The smallest absolute Gasteiger partial charge is 0.224 e. The Morgan fingerprint density at radius 3 is 2.50 bits per heavy atom. The number of nitrogens with zero attached hydrogens (tertiary/aromatic N) is 2. The molecule has 1 aromatic heterocycles. The molecule has 1 aliphatic carbocycles. The number of hydrogen-bond donors (Lipinski definition) is 1. The third-order valence-corrected chi connectivity index (χ3v) is 5.78. The first kappa shape index (κ1) is 20.5. The van der Waals surface area contributed by atoms with E-state index in [0.717, 1.165) is 31.4 Å². The fourth-order valence-corrected chi connectivity index (χ4v) is 4.32. The second kappa shape index (κ2) is 9.78. The zero-order valence-corrected chi connectivity index (χ0v) is 16.8. The summed E-state index contributed by atoms with van der Waals surface area (Å²) in [6.45, 7) is 0.677. The molecule has 0 unspecified atom stereocenters. The second-order valence-electron chi connectivity index (χ2n) is 8.02. The lowest BCUT2D eigenvalue weighted by Crippen LogP contribution is -2.35. The number of pyridine rings is 1. The number of carbonyl (C=O) groups excluding carboxylic acids is 1. The Bertz CT molecular complexity index is 757. The van der Waals surface area contributed by atoms with Gasteiger partial charge in [0.15, 0.2) is 0 Å². The highest BCUT2D eigenvalue weighted by molar-refractivity contribution is 5.78. The summed E-state index contributed by atoms with van der Waals surface area (Å²) in [5, 5.41) is 3.00. The summed E-state index contributed by atoms with van der Waals surface area (Å²) in [6, 6.07) is 12.9. The van der Waals surface area contributed by atoms with Crippen molar-refractivity contribution in [3.05, 3.63) is 65.7 Å². The van der Waals surface area contributed by atoms with Crippen LogP contribution in [0.2, 0.25) is 0 Å².